The van der Waals surface area contributed by atoms with Crippen molar-refractivity contribution in [1.29, 1.82) is 0 Å². The third-order valence-corrected chi connectivity index (χ3v) is 3.44. The Bertz CT molecular complexity index is 516. The first kappa shape index (κ1) is 13.8. The lowest BCUT2D eigenvalue weighted by molar-refractivity contribution is -0.196. The number of carbonyl (C=O) groups excluding carboxylic acids is 3. The van der Waals surface area contributed by atoms with Crippen LogP contribution in [0.1, 0.15) is 12.8 Å². The fourth-order valence-corrected chi connectivity index (χ4v) is 2.14. The minimum Gasteiger partial charge on any atom is -0.374 e. The topological polar surface area (TPSA) is 75.7 Å². The van der Waals surface area contributed by atoms with Crippen LogP contribution in [-0.2, 0) is 19.2 Å². The number of hydrogen-bond acceptors (Lipinski definition) is 5. The zero-order valence-corrected chi connectivity index (χ0v) is 12.0. The number of nitrogens with zero attached hydrogens (tertiary/aromatic N) is 1. The molecule has 1 aliphatic rings. The average Bonchev–Trinajstić information content (AvgIpc) is 2.70. The molecule has 0 radical (unpaired) electrons. The Labute approximate surface area is 123 Å². The summed E-state index contributed by atoms with van der Waals surface area (Å²) in [6, 6.07) is 7.43. The normalized spacial score (nSPS) is 14.7. The average molecular weight is 374 g/mol. The molecule has 19 heavy (non-hydrogen) atoms. The number of carbonyl (C=O) groups is 3. The Balaban J connectivity index is 1.87. The fraction of sp³-hybridized carbons (Fsp3) is 0.250. The van der Waals surface area contributed by atoms with Gasteiger partial charge in [-0.25, -0.2) is 4.79 Å². The number of nitrogens with one attached hydrogen (secondary N) is 1. The van der Waals surface area contributed by atoms with Crippen LogP contribution in [0.15, 0.2) is 24.3 Å². The molecule has 1 saturated heterocycles. The van der Waals surface area contributed by atoms with Gasteiger partial charge in [-0.05, 0) is 34.7 Å². The second-order valence-electron chi connectivity index (χ2n) is 3.88. The fourth-order valence-electron chi connectivity index (χ4n) is 1.56. The van der Waals surface area contributed by atoms with Gasteiger partial charge >= 0.3 is 5.97 Å². The lowest BCUT2D eigenvalue weighted by atomic mass is 10.3. The molecule has 1 aromatic rings. The van der Waals surface area contributed by atoms with Crippen LogP contribution in [0.3, 0.4) is 0 Å². The minimum absolute atomic E-state index is 0.0934. The van der Waals surface area contributed by atoms with Crippen molar-refractivity contribution in [3.8, 4) is 0 Å². The third-order valence-electron chi connectivity index (χ3n) is 2.50. The summed E-state index contributed by atoms with van der Waals surface area (Å²) in [4.78, 5) is 38.8. The maximum atomic E-state index is 11.5. The highest BCUT2D eigenvalue weighted by Crippen LogP contribution is 2.17. The maximum Gasteiger partial charge on any atom is 0.352 e. The Morgan fingerprint density at radius 1 is 1.26 bits per heavy atom. The molecule has 0 aromatic heterocycles. The first-order valence-electron chi connectivity index (χ1n) is 5.63. The maximum absolute atomic E-state index is 11.5. The lowest BCUT2D eigenvalue weighted by Gasteiger charge is -2.13. The molecule has 0 spiro atoms. The van der Waals surface area contributed by atoms with Gasteiger partial charge in [0.1, 0.15) is 6.54 Å². The molecule has 1 fully saturated rings. The molecule has 1 N–H and O–H groups in total. The van der Waals surface area contributed by atoms with Crippen molar-refractivity contribution in [2.24, 2.45) is 0 Å². The van der Waals surface area contributed by atoms with E-state index in [1.54, 1.807) is 0 Å². The van der Waals surface area contributed by atoms with E-state index in [1.807, 2.05) is 24.3 Å². The van der Waals surface area contributed by atoms with Crippen molar-refractivity contribution in [3.05, 3.63) is 27.8 Å². The van der Waals surface area contributed by atoms with E-state index in [1.165, 1.54) is 0 Å². The molecule has 1 aromatic carbocycles. The number of amides is 2. The molecule has 100 valence electrons. The van der Waals surface area contributed by atoms with Gasteiger partial charge < -0.3 is 10.2 Å². The van der Waals surface area contributed by atoms with Gasteiger partial charge in [-0.15, -0.1) is 5.06 Å². The highest BCUT2D eigenvalue weighted by Gasteiger charge is 2.32. The van der Waals surface area contributed by atoms with Gasteiger partial charge in [0.15, 0.2) is 0 Å². The van der Waals surface area contributed by atoms with Crippen molar-refractivity contribution >= 4 is 46.1 Å². The molecule has 0 saturated carbocycles. The summed E-state index contributed by atoms with van der Waals surface area (Å²) < 4.78 is 0.959. The quantitative estimate of drug-likeness (QED) is 0.636. The largest absolute Gasteiger partial charge is 0.374 e. The van der Waals surface area contributed by atoms with Crippen LogP contribution in [0.4, 0.5) is 5.69 Å². The third kappa shape index (κ3) is 3.43. The SMILES string of the molecule is O=C(CNc1ccccc1I)ON1C(=O)CCC1=O. The van der Waals surface area contributed by atoms with Gasteiger partial charge in [-0.1, -0.05) is 12.1 Å². The van der Waals surface area contributed by atoms with E-state index in [4.69, 9.17) is 4.84 Å². The highest BCUT2D eigenvalue weighted by atomic mass is 127. The second-order valence-corrected chi connectivity index (χ2v) is 5.04. The van der Waals surface area contributed by atoms with E-state index >= 15 is 0 Å². The monoisotopic (exact) mass is 374 g/mol. The van der Waals surface area contributed by atoms with Crippen LogP contribution in [0.25, 0.3) is 0 Å². The molecule has 2 amide bonds. The summed E-state index contributed by atoms with van der Waals surface area (Å²) in [5.74, 6) is -1.64. The van der Waals surface area contributed by atoms with E-state index < -0.39 is 17.8 Å². The predicted octanol–water partition coefficient (Wildman–Crippen LogP) is 1.31. The van der Waals surface area contributed by atoms with Gasteiger partial charge in [0, 0.05) is 22.1 Å². The number of rotatable bonds is 4. The van der Waals surface area contributed by atoms with Crippen molar-refractivity contribution < 1.29 is 19.2 Å². The number of halogens is 1. The molecule has 0 bridgehead atoms. The predicted molar refractivity (Wildman–Crippen MR) is 74.8 cm³/mol. The van der Waals surface area contributed by atoms with Crippen LogP contribution < -0.4 is 5.32 Å². The number of hydroxylamine groups is 2. The van der Waals surface area contributed by atoms with Gasteiger partial charge in [0.05, 0.1) is 0 Å². The van der Waals surface area contributed by atoms with Crippen molar-refractivity contribution in [2.75, 3.05) is 11.9 Å². The van der Waals surface area contributed by atoms with Crippen molar-refractivity contribution in [2.45, 2.75) is 12.8 Å². The summed E-state index contributed by atoms with van der Waals surface area (Å²) >= 11 is 2.13. The van der Waals surface area contributed by atoms with Gasteiger partial charge in [-0.3, -0.25) is 9.59 Å². The zero-order valence-electron chi connectivity index (χ0n) is 9.89. The van der Waals surface area contributed by atoms with E-state index in [2.05, 4.69) is 27.9 Å². The summed E-state index contributed by atoms with van der Waals surface area (Å²) in [6.07, 6.45) is 0.187. The number of hydrogen-bond donors (Lipinski definition) is 1. The van der Waals surface area contributed by atoms with Crippen LogP contribution in [0.5, 0.6) is 0 Å². The van der Waals surface area contributed by atoms with Gasteiger partial charge in [-0.2, -0.15) is 0 Å². The Kier molecular flexibility index (Phi) is 4.35. The van der Waals surface area contributed by atoms with Crippen molar-refractivity contribution in [3.63, 3.8) is 0 Å². The zero-order chi connectivity index (χ0) is 13.8. The standard InChI is InChI=1S/C12H11IN2O4/c13-8-3-1-2-4-9(8)14-7-12(18)19-15-10(16)5-6-11(15)17/h1-4,14H,5-7H2. The molecule has 0 aliphatic carbocycles. The van der Waals surface area contributed by atoms with Gasteiger partial charge in [0.25, 0.3) is 11.8 Å². The lowest BCUT2D eigenvalue weighted by Crippen LogP contribution is -2.34. The number of imide groups is 1. The smallest absolute Gasteiger partial charge is 0.352 e. The van der Waals surface area contributed by atoms with Crippen LogP contribution in [0, 0.1) is 3.57 Å². The summed E-state index contributed by atoms with van der Waals surface area (Å²) in [5, 5.41) is 3.43. The molecule has 7 heteroatoms. The van der Waals surface area contributed by atoms with Crippen molar-refractivity contribution in [1.82, 2.24) is 5.06 Å². The first-order chi connectivity index (χ1) is 9.08. The second kappa shape index (κ2) is 6.00. The van der Waals surface area contributed by atoms with E-state index in [0.717, 1.165) is 9.26 Å². The minimum atomic E-state index is -0.678. The number of para-hydroxylation sites is 1. The van der Waals surface area contributed by atoms with Crippen LogP contribution >= 0.6 is 22.6 Å². The molecule has 1 heterocycles. The Morgan fingerprint density at radius 3 is 2.53 bits per heavy atom. The summed E-state index contributed by atoms with van der Waals surface area (Å²) in [6.45, 7) is -0.114. The molecular formula is C12H11IN2O4. The highest BCUT2D eigenvalue weighted by molar-refractivity contribution is 14.1. The molecular weight excluding hydrogens is 363 g/mol. The molecule has 0 unspecified atom stereocenters. The summed E-state index contributed by atoms with van der Waals surface area (Å²) in [7, 11) is 0. The summed E-state index contributed by atoms with van der Waals surface area (Å²) in [5.41, 5.74) is 0.791. The van der Waals surface area contributed by atoms with E-state index in [9.17, 15) is 14.4 Å². The van der Waals surface area contributed by atoms with Gasteiger partial charge in [0.2, 0.25) is 0 Å². The Morgan fingerprint density at radius 2 is 1.89 bits per heavy atom. The number of benzene rings is 1. The molecule has 1 aliphatic heterocycles. The van der Waals surface area contributed by atoms with Crippen LogP contribution in [-0.4, -0.2) is 29.4 Å². The van der Waals surface area contributed by atoms with E-state index in [-0.39, 0.29) is 19.4 Å². The first-order valence-corrected chi connectivity index (χ1v) is 6.71. The molecule has 6 nitrogen and oxygen atoms in total. The Hall–Kier alpha value is -1.64. The number of anilines is 1. The molecule has 2 rings (SSSR count). The molecule has 0 atom stereocenters. The van der Waals surface area contributed by atoms with Crippen LogP contribution in [0.2, 0.25) is 0 Å². The van der Waals surface area contributed by atoms with E-state index in [0.29, 0.717) is 5.06 Å².